The molecule has 0 saturated carbocycles. The van der Waals surface area contributed by atoms with Gasteiger partial charge in [-0.3, -0.25) is 0 Å². The molecule has 0 atom stereocenters. The number of carbonyl (C=O) groups is 1. The number of anilines is 1. The van der Waals surface area contributed by atoms with Crippen LogP contribution in [-0.4, -0.2) is 20.5 Å². The van der Waals surface area contributed by atoms with E-state index in [0.717, 1.165) is 0 Å². The molecular weight excluding hydrogens is 254 g/mol. The van der Waals surface area contributed by atoms with Crippen LogP contribution < -0.4 is 15.8 Å². The van der Waals surface area contributed by atoms with E-state index in [1.54, 1.807) is 20.8 Å². The van der Waals surface area contributed by atoms with E-state index >= 15 is 0 Å². The third kappa shape index (κ3) is 3.63. The molecule has 18 heavy (non-hydrogen) atoms. The van der Waals surface area contributed by atoms with Gasteiger partial charge in [0.25, 0.3) is 10.0 Å². The van der Waals surface area contributed by atoms with Crippen molar-refractivity contribution in [2.45, 2.75) is 31.7 Å². The standard InChI is InChI=1S/C11H17N3O3S/c1-7(2)13-11(15)14-18(16,17)9-4-5-10(12)8(3)6-9/h4-7H,12H2,1-3H3,(H2,13,14,15). The maximum atomic E-state index is 11.9. The van der Waals surface area contributed by atoms with Crippen LogP contribution in [0.2, 0.25) is 0 Å². The first-order valence-corrected chi connectivity index (χ1v) is 6.90. The molecule has 0 aliphatic heterocycles. The van der Waals surface area contributed by atoms with Crippen molar-refractivity contribution in [1.29, 1.82) is 0 Å². The van der Waals surface area contributed by atoms with Crippen LogP contribution in [0.4, 0.5) is 10.5 Å². The Morgan fingerprint density at radius 3 is 2.44 bits per heavy atom. The molecule has 7 heteroatoms. The monoisotopic (exact) mass is 271 g/mol. The third-order valence-electron chi connectivity index (χ3n) is 2.20. The van der Waals surface area contributed by atoms with Crippen molar-refractivity contribution in [2.24, 2.45) is 0 Å². The van der Waals surface area contributed by atoms with Gasteiger partial charge in [0.15, 0.2) is 0 Å². The van der Waals surface area contributed by atoms with E-state index in [1.165, 1.54) is 18.2 Å². The Balaban J connectivity index is 2.93. The van der Waals surface area contributed by atoms with Crippen LogP contribution in [0.1, 0.15) is 19.4 Å². The fourth-order valence-electron chi connectivity index (χ4n) is 1.29. The van der Waals surface area contributed by atoms with Crippen LogP contribution in [-0.2, 0) is 10.0 Å². The van der Waals surface area contributed by atoms with Crippen LogP contribution in [0.3, 0.4) is 0 Å². The highest BCUT2D eigenvalue weighted by atomic mass is 32.2. The number of hydrogen-bond acceptors (Lipinski definition) is 4. The molecule has 4 N–H and O–H groups in total. The van der Waals surface area contributed by atoms with E-state index in [0.29, 0.717) is 11.3 Å². The van der Waals surface area contributed by atoms with Gasteiger partial charge in [0, 0.05) is 11.7 Å². The largest absolute Gasteiger partial charge is 0.399 e. The second-order valence-corrected chi connectivity index (χ2v) is 5.93. The van der Waals surface area contributed by atoms with Gasteiger partial charge in [-0.1, -0.05) is 0 Å². The maximum Gasteiger partial charge on any atom is 0.328 e. The number of carbonyl (C=O) groups excluding carboxylic acids is 1. The number of aryl methyl sites for hydroxylation is 1. The fraction of sp³-hybridized carbons (Fsp3) is 0.364. The lowest BCUT2D eigenvalue weighted by Gasteiger charge is -2.11. The highest BCUT2D eigenvalue weighted by Crippen LogP contribution is 2.16. The van der Waals surface area contributed by atoms with Crippen LogP contribution in [0.5, 0.6) is 0 Å². The lowest BCUT2D eigenvalue weighted by atomic mass is 10.2. The highest BCUT2D eigenvalue weighted by molar-refractivity contribution is 7.90. The average Bonchev–Trinajstić information content (AvgIpc) is 2.19. The van der Waals surface area contributed by atoms with E-state index in [4.69, 9.17) is 5.73 Å². The summed E-state index contributed by atoms with van der Waals surface area (Å²) in [6.07, 6.45) is 0. The number of urea groups is 1. The fourth-order valence-corrected chi connectivity index (χ4v) is 2.29. The molecule has 1 aromatic carbocycles. The molecular formula is C11H17N3O3S. The molecule has 0 aliphatic rings. The topological polar surface area (TPSA) is 101 Å². The molecule has 0 radical (unpaired) electrons. The Kier molecular flexibility index (Phi) is 4.18. The Morgan fingerprint density at radius 2 is 1.94 bits per heavy atom. The summed E-state index contributed by atoms with van der Waals surface area (Å²) in [7, 11) is -3.86. The lowest BCUT2D eigenvalue weighted by Crippen LogP contribution is -2.42. The van der Waals surface area contributed by atoms with Gasteiger partial charge in [-0.15, -0.1) is 0 Å². The Labute approximate surface area is 107 Å². The summed E-state index contributed by atoms with van der Waals surface area (Å²) in [5.74, 6) is 0. The zero-order valence-electron chi connectivity index (χ0n) is 10.5. The molecule has 2 amide bonds. The van der Waals surface area contributed by atoms with Gasteiger partial charge in [-0.25, -0.2) is 17.9 Å². The minimum Gasteiger partial charge on any atom is -0.399 e. The summed E-state index contributed by atoms with van der Waals surface area (Å²) in [6.45, 7) is 5.17. The Bertz CT molecular complexity index is 553. The van der Waals surface area contributed by atoms with Crippen molar-refractivity contribution in [3.05, 3.63) is 23.8 Å². The zero-order valence-corrected chi connectivity index (χ0v) is 11.3. The minimum atomic E-state index is -3.86. The summed E-state index contributed by atoms with van der Waals surface area (Å²) in [4.78, 5) is 11.4. The minimum absolute atomic E-state index is 0.00751. The van der Waals surface area contributed by atoms with Gasteiger partial charge >= 0.3 is 6.03 Å². The molecule has 0 saturated heterocycles. The first kappa shape index (κ1) is 14.3. The quantitative estimate of drug-likeness (QED) is 0.713. The van der Waals surface area contributed by atoms with Crippen LogP contribution in [0.15, 0.2) is 23.1 Å². The normalized spacial score (nSPS) is 11.3. The van der Waals surface area contributed by atoms with Crippen LogP contribution >= 0.6 is 0 Å². The number of hydrogen-bond donors (Lipinski definition) is 3. The van der Waals surface area contributed by atoms with E-state index in [-0.39, 0.29) is 10.9 Å². The summed E-state index contributed by atoms with van der Waals surface area (Å²) >= 11 is 0. The molecule has 100 valence electrons. The second kappa shape index (κ2) is 5.26. The van der Waals surface area contributed by atoms with Crippen molar-refractivity contribution < 1.29 is 13.2 Å². The predicted molar refractivity (Wildman–Crippen MR) is 69.6 cm³/mol. The van der Waals surface area contributed by atoms with Crippen LogP contribution in [0, 0.1) is 6.92 Å². The van der Waals surface area contributed by atoms with E-state index in [9.17, 15) is 13.2 Å². The van der Waals surface area contributed by atoms with E-state index < -0.39 is 16.1 Å². The smallest absolute Gasteiger partial charge is 0.328 e. The van der Waals surface area contributed by atoms with Gasteiger partial charge in [0.1, 0.15) is 0 Å². The number of nitrogens with two attached hydrogens (primary N) is 1. The molecule has 0 aromatic heterocycles. The van der Waals surface area contributed by atoms with Gasteiger partial charge in [-0.05, 0) is 44.5 Å². The van der Waals surface area contributed by atoms with Crippen molar-refractivity contribution in [3.8, 4) is 0 Å². The van der Waals surface area contributed by atoms with Crippen molar-refractivity contribution in [3.63, 3.8) is 0 Å². The Hall–Kier alpha value is -1.76. The van der Waals surface area contributed by atoms with Crippen LogP contribution in [0.25, 0.3) is 0 Å². The molecule has 0 unspecified atom stereocenters. The summed E-state index contributed by atoms with van der Waals surface area (Å²) < 4.78 is 25.7. The summed E-state index contributed by atoms with van der Waals surface area (Å²) in [5.41, 5.74) is 6.75. The molecule has 6 nitrogen and oxygen atoms in total. The van der Waals surface area contributed by atoms with Crippen molar-refractivity contribution in [1.82, 2.24) is 10.0 Å². The predicted octanol–water partition coefficient (Wildman–Crippen LogP) is 0.974. The number of rotatable bonds is 3. The van der Waals surface area contributed by atoms with E-state index in [1.807, 2.05) is 4.72 Å². The lowest BCUT2D eigenvalue weighted by molar-refractivity contribution is 0.243. The molecule has 0 spiro atoms. The highest BCUT2D eigenvalue weighted by Gasteiger charge is 2.18. The third-order valence-corrected chi connectivity index (χ3v) is 3.53. The molecule has 0 aliphatic carbocycles. The van der Waals surface area contributed by atoms with Crippen molar-refractivity contribution in [2.75, 3.05) is 5.73 Å². The van der Waals surface area contributed by atoms with Gasteiger partial charge in [0.05, 0.1) is 4.90 Å². The summed E-state index contributed by atoms with van der Waals surface area (Å²) in [5, 5.41) is 2.44. The number of amides is 2. The Morgan fingerprint density at radius 1 is 1.33 bits per heavy atom. The van der Waals surface area contributed by atoms with Gasteiger partial charge < -0.3 is 11.1 Å². The van der Waals surface area contributed by atoms with Crippen molar-refractivity contribution >= 4 is 21.7 Å². The second-order valence-electron chi connectivity index (χ2n) is 4.25. The van der Waals surface area contributed by atoms with E-state index in [2.05, 4.69) is 5.32 Å². The van der Waals surface area contributed by atoms with Gasteiger partial charge in [0.2, 0.25) is 0 Å². The number of sulfonamides is 1. The number of benzene rings is 1. The van der Waals surface area contributed by atoms with Gasteiger partial charge in [-0.2, -0.15) is 0 Å². The number of nitrogens with one attached hydrogen (secondary N) is 2. The number of nitrogen functional groups attached to an aromatic ring is 1. The molecule has 0 heterocycles. The average molecular weight is 271 g/mol. The molecule has 1 rings (SSSR count). The summed E-state index contributed by atoms with van der Waals surface area (Å²) in [6, 6.07) is 3.37. The first-order chi connectivity index (χ1) is 8.22. The maximum absolute atomic E-state index is 11.9. The molecule has 0 bridgehead atoms. The SMILES string of the molecule is Cc1cc(S(=O)(=O)NC(=O)NC(C)C)ccc1N. The first-order valence-electron chi connectivity index (χ1n) is 5.42. The zero-order chi connectivity index (χ0) is 13.9. The molecule has 1 aromatic rings. The molecule has 0 fully saturated rings.